The fraction of sp³-hybridized carbons (Fsp3) is 0.357. The molecule has 0 fully saturated rings. The summed E-state index contributed by atoms with van der Waals surface area (Å²) in [5.74, 6) is -0.355. The smallest absolute Gasteiger partial charge is 0.270 e. The molecule has 2 amide bonds. The third-order valence-electron chi connectivity index (χ3n) is 2.99. The number of fused-ring (bicyclic) bond motifs is 1. The van der Waals surface area contributed by atoms with Gasteiger partial charge in [-0.15, -0.1) is 0 Å². The summed E-state index contributed by atoms with van der Waals surface area (Å²) in [6.07, 6.45) is 2.32. The van der Waals surface area contributed by atoms with Crippen molar-refractivity contribution in [2.75, 3.05) is 13.1 Å². The van der Waals surface area contributed by atoms with Gasteiger partial charge in [0.25, 0.3) is 5.91 Å². The van der Waals surface area contributed by atoms with Gasteiger partial charge in [-0.2, -0.15) is 0 Å². The zero-order valence-corrected chi connectivity index (χ0v) is 12.7. The van der Waals surface area contributed by atoms with Gasteiger partial charge in [0, 0.05) is 26.2 Å². The third kappa shape index (κ3) is 3.52. The van der Waals surface area contributed by atoms with E-state index in [1.807, 2.05) is 6.92 Å². The molecule has 2 N–H and O–H groups in total. The lowest BCUT2D eigenvalue weighted by Crippen LogP contribution is -2.34. The Balaban J connectivity index is 2.21. The van der Waals surface area contributed by atoms with Crippen LogP contribution in [0.2, 0.25) is 5.02 Å². The van der Waals surface area contributed by atoms with Crippen molar-refractivity contribution in [3.05, 3.63) is 34.7 Å². The van der Waals surface area contributed by atoms with Crippen LogP contribution in [0.25, 0.3) is 5.65 Å². The molecule has 0 saturated carbocycles. The number of pyridine rings is 1. The minimum atomic E-state index is -0.230. The summed E-state index contributed by atoms with van der Waals surface area (Å²) in [4.78, 5) is 27.5. The summed E-state index contributed by atoms with van der Waals surface area (Å²) in [6.45, 7) is 4.12. The molecule has 0 atom stereocenters. The highest BCUT2D eigenvalue weighted by Gasteiger charge is 2.17. The van der Waals surface area contributed by atoms with Crippen molar-refractivity contribution in [3.8, 4) is 0 Å². The molecule has 6 nitrogen and oxygen atoms in total. The Labute approximate surface area is 127 Å². The number of aromatic nitrogens is 2. The monoisotopic (exact) mass is 308 g/mol. The fourth-order valence-corrected chi connectivity index (χ4v) is 2.21. The van der Waals surface area contributed by atoms with Gasteiger partial charge in [-0.25, -0.2) is 4.98 Å². The molecular formula is C14H17ClN4O2. The van der Waals surface area contributed by atoms with Gasteiger partial charge in [0.15, 0.2) is 0 Å². The van der Waals surface area contributed by atoms with E-state index in [1.54, 1.807) is 22.7 Å². The minimum absolute atomic E-state index is 0.125. The molecule has 2 heterocycles. The first-order chi connectivity index (χ1) is 10.0. The average Bonchev–Trinajstić information content (AvgIpc) is 2.80. The van der Waals surface area contributed by atoms with Crippen molar-refractivity contribution >= 4 is 29.1 Å². The molecule has 0 saturated heterocycles. The SMILES string of the molecule is CCc1nc2ccc(Cl)cn2c1C(=O)NCCNC(C)=O. The first kappa shape index (κ1) is 15.3. The van der Waals surface area contributed by atoms with Crippen molar-refractivity contribution < 1.29 is 9.59 Å². The number of hydrogen-bond acceptors (Lipinski definition) is 3. The van der Waals surface area contributed by atoms with Gasteiger partial charge < -0.3 is 10.6 Å². The first-order valence-corrected chi connectivity index (χ1v) is 7.09. The summed E-state index contributed by atoms with van der Waals surface area (Å²) in [5, 5.41) is 5.93. The van der Waals surface area contributed by atoms with Gasteiger partial charge in [0.1, 0.15) is 11.3 Å². The number of amides is 2. The van der Waals surface area contributed by atoms with Gasteiger partial charge in [-0.05, 0) is 18.6 Å². The standard InChI is InChI=1S/C14H17ClN4O2/c1-3-11-13(14(21)17-7-6-16-9(2)20)19-8-10(15)4-5-12(19)18-11/h4-5,8H,3,6-7H2,1-2H3,(H,16,20)(H,17,21). The van der Waals surface area contributed by atoms with E-state index in [0.29, 0.717) is 41.6 Å². The number of nitrogens with one attached hydrogen (secondary N) is 2. The number of imidazole rings is 1. The normalized spacial score (nSPS) is 10.6. The molecule has 0 aliphatic rings. The van der Waals surface area contributed by atoms with E-state index >= 15 is 0 Å². The molecule has 21 heavy (non-hydrogen) atoms. The van der Waals surface area contributed by atoms with Gasteiger partial charge >= 0.3 is 0 Å². The molecule has 0 aliphatic heterocycles. The van der Waals surface area contributed by atoms with Crippen LogP contribution in [0.3, 0.4) is 0 Å². The summed E-state index contributed by atoms with van der Waals surface area (Å²) in [7, 11) is 0. The van der Waals surface area contributed by atoms with E-state index in [-0.39, 0.29) is 11.8 Å². The van der Waals surface area contributed by atoms with Crippen LogP contribution in [0.4, 0.5) is 0 Å². The van der Waals surface area contributed by atoms with Gasteiger partial charge in [0.05, 0.1) is 10.7 Å². The zero-order valence-electron chi connectivity index (χ0n) is 11.9. The Bertz CT molecular complexity index is 681. The Morgan fingerprint density at radius 3 is 2.67 bits per heavy atom. The summed E-state index contributed by atoms with van der Waals surface area (Å²) < 4.78 is 1.69. The summed E-state index contributed by atoms with van der Waals surface area (Å²) in [5.41, 5.74) is 1.88. The van der Waals surface area contributed by atoms with Crippen molar-refractivity contribution in [2.45, 2.75) is 20.3 Å². The topological polar surface area (TPSA) is 75.5 Å². The third-order valence-corrected chi connectivity index (χ3v) is 3.21. The number of rotatable bonds is 5. The molecule has 2 aromatic heterocycles. The van der Waals surface area contributed by atoms with Crippen LogP contribution in [-0.4, -0.2) is 34.3 Å². The van der Waals surface area contributed by atoms with Crippen molar-refractivity contribution in [1.82, 2.24) is 20.0 Å². The highest BCUT2D eigenvalue weighted by Crippen LogP contribution is 2.17. The molecule has 7 heteroatoms. The largest absolute Gasteiger partial charge is 0.355 e. The lowest BCUT2D eigenvalue weighted by molar-refractivity contribution is -0.118. The fourth-order valence-electron chi connectivity index (χ4n) is 2.05. The maximum absolute atomic E-state index is 12.3. The Kier molecular flexibility index (Phi) is 4.80. The predicted octanol–water partition coefficient (Wildman–Crippen LogP) is 1.42. The zero-order chi connectivity index (χ0) is 15.4. The average molecular weight is 309 g/mol. The highest BCUT2D eigenvalue weighted by molar-refractivity contribution is 6.30. The molecule has 0 bridgehead atoms. The first-order valence-electron chi connectivity index (χ1n) is 6.72. The van der Waals surface area contributed by atoms with E-state index in [1.165, 1.54) is 6.92 Å². The Morgan fingerprint density at radius 2 is 2.00 bits per heavy atom. The number of carbonyl (C=O) groups excluding carboxylic acids is 2. The molecule has 0 spiro atoms. The number of nitrogens with zero attached hydrogens (tertiary/aromatic N) is 2. The van der Waals surface area contributed by atoms with Gasteiger partial charge in [0.2, 0.25) is 5.91 Å². The van der Waals surface area contributed by atoms with Crippen molar-refractivity contribution in [3.63, 3.8) is 0 Å². The molecule has 0 radical (unpaired) electrons. The maximum atomic E-state index is 12.3. The van der Waals surface area contributed by atoms with Crippen LogP contribution in [0.5, 0.6) is 0 Å². The van der Waals surface area contributed by atoms with Crippen molar-refractivity contribution in [1.29, 1.82) is 0 Å². The van der Waals surface area contributed by atoms with Crippen molar-refractivity contribution in [2.24, 2.45) is 0 Å². The Hall–Kier alpha value is -2.08. The molecule has 0 aliphatic carbocycles. The molecule has 0 aromatic carbocycles. The van der Waals surface area contributed by atoms with E-state index in [4.69, 9.17) is 11.6 Å². The molecule has 112 valence electrons. The summed E-state index contributed by atoms with van der Waals surface area (Å²) >= 11 is 5.98. The number of halogens is 1. The number of carbonyl (C=O) groups is 2. The second kappa shape index (κ2) is 6.58. The van der Waals surface area contributed by atoms with E-state index in [2.05, 4.69) is 15.6 Å². The van der Waals surface area contributed by atoms with Crippen LogP contribution in [0.15, 0.2) is 18.3 Å². The molecule has 2 rings (SSSR count). The molecular weight excluding hydrogens is 292 g/mol. The second-order valence-corrected chi connectivity index (χ2v) is 5.01. The lowest BCUT2D eigenvalue weighted by Gasteiger charge is -2.07. The molecule has 0 unspecified atom stereocenters. The predicted molar refractivity (Wildman–Crippen MR) is 80.6 cm³/mol. The number of hydrogen-bond donors (Lipinski definition) is 2. The van der Waals surface area contributed by atoms with Gasteiger partial charge in [-0.3, -0.25) is 14.0 Å². The lowest BCUT2D eigenvalue weighted by atomic mass is 10.2. The maximum Gasteiger partial charge on any atom is 0.270 e. The Morgan fingerprint density at radius 1 is 1.29 bits per heavy atom. The minimum Gasteiger partial charge on any atom is -0.355 e. The van der Waals surface area contributed by atoms with Crippen LogP contribution < -0.4 is 10.6 Å². The summed E-state index contributed by atoms with van der Waals surface area (Å²) in [6, 6.07) is 3.51. The highest BCUT2D eigenvalue weighted by atomic mass is 35.5. The molecule has 2 aromatic rings. The van der Waals surface area contributed by atoms with E-state index in [9.17, 15) is 9.59 Å². The van der Waals surface area contributed by atoms with Crippen LogP contribution in [0.1, 0.15) is 30.0 Å². The van der Waals surface area contributed by atoms with E-state index in [0.717, 1.165) is 0 Å². The number of aryl methyl sites for hydroxylation is 1. The van der Waals surface area contributed by atoms with Crippen LogP contribution >= 0.6 is 11.6 Å². The quantitative estimate of drug-likeness (QED) is 0.820. The second-order valence-electron chi connectivity index (χ2n) is 4.58. The van der Waals surface area contributed by atoms with Crippen LogP contribution in [0, 0.1) is 0 Å². The van der Waals surface area contributed by atoms with E-state index < -0.39 is 0 Å². The van der Waals surface area contributed by atoms with Crippen LogP contribution in [-0.2, 0) is 11.2 Å². The van der Waals surface area contributed by atoms with Gasteiger partial charge in [-0.1, -0.05) is 18.5 Å².